The van der Waals surface area contributed by atoms with Gasteiger partial charge in [-0.05, 0) is 30.9 Å². The molecule has 2 unspecified atom stereocenters. The normalized spacial score (nSPS) is 22.2. The van der Waals surface area contributed by atoms with Crippen molar-refractivity contribution >= 4 is 11.3 Å². The van der Waals surface area contributed by atoms with E-state index in [0.717, 1.165) is 35.8 Å². The highest BCUT2D eigenvalue weighted by molar-refractivity contribution is 7.13. The number of aliphatic hydroxyl groups is 1. The third-order valence-corrected chi connectivity index (χ3v) is 4.79. The van der Waals surface area contributed by atoms with Gasteiger partial charge in [-0.2, -0.15) is 0 Å². The largest absolute Gasteiger partial charge is 0.396 e. The third-order valence-electron chi connectivity index (χ3n) is 3.87. The second-order valence-electron chi connectivity index (χ2n) is 5.22. The molecule has 0 bridgehead atoms. The number of aliphatic hydroxyl groups excluding tert-OH is 1. The molecule has 0 radical (unpaired) electrons. The molecule has 2 aromatic heterocycles. The molecule has 3 rings (SSSR count). The Bertz CT molecular complexity index is 543. The first kappa shape index (κ1) is 13.7. The van der Waals surface area contributed by atoms with Crippen molar-refractivity contribution < 1.29 is 5.11 Å². The highest BCUT2D eigenvalue weighted by atomic mass is 32.1. The number of hydrogen-bond acceptors (Lipinski definition) is 5. The van der Waals surface area contributed by atoms with E-state index in [1.165, 1.54) is 6.42 Å². The van der Waals surface area contributed by atoms with E-state index in [9.17, 15) is 5.11 Å². The van der Waals surface area contributed by atoms with Crippen molar-refractivity contribution in [2.75, 3.05) is 6.61 Å². The van der Waals surface area contributed by atoms with E-state index in [1.807, 2.05) is 18.2 Å². The molecular weight excluding hydrogens is 270 g/mol. The van der Waals surface area contributed by atoms with Crippen molar-refractivity contribution in [3.8, 4) is 10.7 Å². The van der Waals surface area contributed by atoms with Gasteiger partial charge in [-0.15, -0.1) is 11.3 Å². The first-order valence-electron chi connectivity index (χ1n) is 7.07. The maximum atomic E-state index is 9.32. The Morgan fingerprint density at radius 2 is 2.30 bits per heavy atom. The fraction of sp³-hybridized carbons (Fsp3) is 0.467. The maximum absolute atomic E-state index is 9.32. The predicted molar refractivity (Wildman–Crippen MR) is 80.4 cm³/mol. The van der Waals surface area contributed by atoms with E-state index < -0.39 is 0 Å². The highest BCUT2D eigenvalue weighted by Gasteiger charge is 2.26. The minimum absolute atomic E-state index is 0.286. The van der Waals surface area contributed by atoms with Gasteiger partial charge in [0.15, 0.2) is 0 Å². The van der Waals surface area contributed by atoms with Gasteiger partial charge in [0.25, 0.3) is 0 Å². The van der Waals surface area contributed by atoms with Crippen LogP contribution in [-0.4, -0.2) is 27.7 Å². The van der Waals surface area contributed by atoms with Crippen LogP contribution in [0.25, 0.3) is 10.7 Å². The summed E-state index contributed by atoms with van der Waals surface area (Å²) in [5.74, 6) is 0.406. The van der Waals surface area contributed by atoms with Crippen molar-refractivity contribution in [2.45, 2.75) is 31.8 Å². The summed E-state index contributed by atoms with van der Waals surface area (Å²) in [6, 6.07) is 6.30. The zero-order valence-corrected chi connectivity index (χ0v) is 12.1. The first-order valence-corrected chi connectivity index (χ1v) is 7.95. The van der Waals surface area contributed by atoms with E-state index >= 15 is 0 Å². The summed E-state index contributed by atoms with van der Waals surface area (Å²) in [5.41, 5.74) is 1.98. The second kappa shape index (κ2) is 6.43. The Hall–Kier alpha value is -1.30. The molecule has 1 aliphatic rings. The quantitative estimate of drug-likeness (QED) is 0.887. The van der Waals surface area contributed by atoms with Gasteiger partial charge >= 0.3 is 0 Å². The number of thiazole rings is 1. The fourth-order valence-corrected chi connectivity index (χ4v) is 3.55. The van der Waals surface area contributed by atoms with Gasteiger partial charge in [-0.25, -0.2) is 4.98 Å². The molecule has 1 aliphatic carbocycles. The van der Waals surface area contributed by atoms with Crippen LogP contribution in [0.4, 0.5) is 0 Å². The molecule has 0 spiro atoms. The summed E-state index contributed by atoms with van der Waals surface area (Å²) in [6.07, 6.45) is 5.28. The van der Waals surface area contributed by atoms with Gasteiger partial charge in [-0.1, -0.05) is 12.5 Å². The minimum atomic E-state index is 0.286. The molecule has 0 aromatic carbocycles. The topological polar surface area (TPSA) is 58.0 Å². The smallest absolute Gasteiger partial charge is 0.142 e. The van der Waals surface area contributed by atoms with Crippen LogP contribution in [0.15, 0.2) is 29.8 Å². The molecule has 0 aliphatic heterocycles. The average molecular weight is 289 g/mol. The number of nitrogens with one attached hydrogen (secondary N) is 1. The number of rotatable bonds is 5. The molecule has 2 atom stereocenters. The molecule has 2 heterocycles. The van der Waals surface area contributed by atoms with Crippen LogP contribution in [0.1, 0.15) is 25.0 Å². The van der Waals surface area contributed by atoms with Gasteiger partial charge in [0, 0.05) is 30.8 Å². The maximum Gasteiger partial charge on any atom is 0.142 e. The number of pyridine rings is 1. The average Bonchev–Trinajstić information content (AvgIpc) is 3.15. The summed E-state index contributed by atoms with van der Waals surface area (Å²) in [4.78, 5) is 8.94. The van der Waals surface area contributed by atoms with Crippen LogP contribution in [-0.2, 0) is 6.54 Å². The van der Waals surface area contributed by atoms with Crippen molar-refractivity contribution in [2.24, 2.45) is 5.92 Å². The van der Waals surface area contributed by atoms with Crippen LogP contribution in [0, 0.1) is 5.92 Å². The van der Waals surface area contributed by atoms with Gasteiger partial charge in [0.1, 0.15) is 5.01 Å². The summed E-state index contributed by atoms with van der Waals surface area (Å²) in [7, 11) is 0. The Morgan fingerprint density at radius 3 is 3.10 bits per heavy atom. The molecule has 4 nitrogen and oxygen atoms in total. The molecule has 2 aromatic rings. The van der Waals surface area contributed by atoms with Crippen LogP contribution >= 0.6 is 11.3 Å². The lowest BCUT2D eigenvalue weighted by atomic mass is 10.1. The number of nitrogens with zero attached hydrogens (tertiary/aromatic N) is 2. The summed E-state index contributed by atoms with van der Waals surface area (Å²) in [5, 5.41) is 15.9. The standard InChI is InChI=1S/C15H19N3OS/c19-9-11-4-3-6-13(11)17-8-12-10-20-15(18-12)14-5-1-2-7-16-14/h1-2,5,7,10-11,13,17,19H,3-4,6,8-9H2. The summed E-state index contributed by atoms with van der Waals surface area (Å²) >= 11 is 1.63. The Balaban J connectivity index is 1.60. The molecular formula is C15H19N3OS. The Kier molecular flexibility index (Phi) is 4.40. The van der Waals surface area contributed by atoms with Crippen LogP contribution in [0.2, 0.25) is 0 Å². The third kappa shape index (κ3) is 3.06. The first-order chi connectivity index (χ1) is 9.86. The number of aromatic nitrogens is 2. The molecule has 2 N–H and O–H groups in total. The van der Waals surface area contributed by atoms with Crippen molar-refractivity contribution in [1.82, 2.24) is 15.3 Å². The molecule has 20 heavy (non-hydrogen) atoms. The Labute approximate surface area is 122 Å². The molecule has 0 amide bonds. The summed E-state index contributed by atoms with van der Waals surface area (Å²) < 4.78 is 0. The summed E-state index contributed by atoms with van der Waals surface area (Å²) in [6.45, 7) is 1.05. The minimum Gasteiger partial charge on any atom is -0.396 e. The van der Waals surface area contributed by atoms with E-state index in [1.54, 1.807) is 17.5 Å². The van der Waals surface area contributed by atoms with Crippen LogP contribution in [0.3, 0.4) is 0 Å². The molecule has 1 fully saturated rings. The lowest BCUT2D eigenvalue weighted by molar-refractivity contribution is 0.205. The fourth-order valence-electron chi connectivity index (χ4n) is 2.75. The zero-order chi connectivity index (χ0) is 13.8. The monoisotopic (exact) mass is 289 g/mol. The lowest BCUT2D eigenvalue weighted by Gasteiger charge is -2.18. The SMILES string of the molecule is OCC1CCCC1NCc1csc(-c2ccccn2)n1. The van der Waals surface area contributed by atoms with Crippen molar-refractivity contribution in [3.63, 3.8) is 0 Å². The van der Waals surface area contributed by atoms with Crippen LogP contribution in [0.5, 0.6) is 0 Å². The van der Waals surface area contributed by atoms with Gasteiger partial charge < -0.3 is 10.4 Å². The van der Waals surface area contributed by atoms with Crippen molar-refractivity contribution in [3.05, 3.63) is 35.5 Å². The van der Waals surface area contributed by atoms with Gasteiger partial charge in [-0.3, -0.25) is 4.98 Å². The predicted octanol–water partition coefficient (Wildman–Crippen LogP) is 2.46. The zero-order valence-electron chi connectivity index (χ0n) is 11.3. The van der Waals surface area contributed by atoms with E-state index in [2.05, 4.69) is 20.7 Å². The van der Waals surface area contributed by atoms with Gasteiger partial charge in [0.05, 0.1) is 11.4 Å². The van der Waals surface area contributed by atoms with E-state index in [-0.39, 0.29) is 6.61 Å². The molecule has 1 saturated carbocycles. The van der Waals surface area contributed by atoms with Crippen LogP contribution < -0.4 is 5.32 Å². The second-order valence-corrected chi connectivity index (χ2v) is 6.08. The Morgan fingerprint density at radius 1 is 1.35 bits per heavy atom. The number of hydrogen-bond donors (Lipinski definition) is 2. The van der Waals surface area contributed by atoms with E-state index in [4.69, 9.17) is 0 Å². The lowest BCUT2D eigenvalue weighted by Crippen LogP contribution is -2.33. The molecule has 5 heteroatoms. The van der Waals surface area contributed by atoms with Crippen molar-refractivity contribution in [1.29, 1.82) is 0 Å². The highest BCUT2D eigenvalue weighted by Crippen LogP contribution is 2.26. The van der Waals surface area contributed by atoms with Gasteiger partial charge in [0.2, 0.25) is 0 Å². The molecule has 106 valence electrons. The molecule has 0 saturated heterocycles. The van der Waals surface area contributed by atoms with E-state index in [0.29, 0.717) is 12.0 Å².